The van der Waals surface area contributed by atoms with E-state index in [9.17, 15) is 9.59 Å². The van der Waals surface area contributed by atoms with Gasteiger partial charge in [-0.25, -0.2) is 4.79 Å². The van der Waals surface area contributed by atoms with Crippen LogP contribution in [0.5, 0.6) is 0 Å². The SMILES string of the molecule is CC1(c2cccc(-c3noc(-c4ccc5c(c4)CCC=C5)n3)c2)NC(=O)NC1=O. The van der Waals surface area contributed by atoms with Crippen molar-refractivity contribution >= 4 is 18.0 Å². The van der Waals surface area contributed by atoms with Gasteiger partial charge in [-0.3, -0.25) is 10.1 Å². The molecule has 7 heteroatoms. The summed E-state index contributed by atoms with van der Waals surface area (Å²) in [7, 11) is 0. The van der Waals surface area contributed by atoms with E-state index in [1.807, 2.05) is 12.1 Å². The lowest BCUT2D eigenvalue weighted by Crippen LogP contribution is -2.40. The van der Waals surface area contributed by atoms with Crippen molar-refractivity contribution in [3.8, 4) is 22.8 Å². The fourth-order valence-electron chi connectivity index (χ4n) is 3.74. The third-order valence-electron chi connectivity index (χ3n) is 5.44. The van der Waals surface area contributed by atoms with Gasteiger partial charge in [0.1, 0.15) is 5.54 Å². The number of nitrogens with one attached hydrogen (secondary N) is 2. The minimum atomic E-state index is -1.13. The van der Waals surface area contributed by atoms with Crippen LogP contribution in [0.15, 0.2) is 53.1 Å². The zero-order valence-corrected chi connectivity index (χ0v) is 15.7. The van der Waals surface area contributed by atoms with Crippen LogP contribution in [0.25, 0.3) is 28.9 Å². The first kappa shape index (κ1) is 17.4. The molecule has 2 N–H and O–H groups in total. The predicted molar refractivity (Wildman–Crippen MR) is 107 cm³/mol. The average molecular weight is 386 g/mol. The van der Waals surface area contributed by atoms with Gasteiger partial charge in [-0.2, -0.15) is 4.98 Å². The smallest absolute Gasteiger partial charge is 0.322 e. The number of rotatable bonds is 3. The molecule has 0 saturated carbocycles. The lowest BCUT2D eigenvalue weighted by Gasteiger charge is -2.21. The summed E-state index contributed by atoms with van der Waals surface area (Å²) in [5.41, 5.74) is 3.58. The van der Waals surface area contributed by atoms with Gasteiger partial charge >= 0.3 is 6.03 Å². The molecule has 2 aromatic carbocycles. The van der Waals surface area contributed by atoms with Crippen LogP contribution in [-0.2, 0) is 16.8 Å². The molecule has 2 heterocycles. The second kappa shape index (κ2) is 6.41. The highest BCUT2D eigenvalue weighted by Crippen LogP contribution is 2.30. The molecule has 1 aromatic heterocycles. The van der Waals surface area contributed by atoms with Crippen molar-refractivity contribution in [3.63, 3.8) is 0 Å². The van der Waals surface area contributed by atoms with Gasteiger partial charge in [-0.1, -0.05) is 41.6 Å². The Bertz CT molecular complexity index is 1180. The first-order valence-electron chi connectivity index (χ1n) is 9.41. The van der Waals surface area contributed by atoms with Crippen molar-refractivity contribution in [2.75, 3.05) is 0 Å². The standard InChI is InChI=1S/C22H18N4O3/c1-22(20(27)24-21(28)25-22)17-8-4-7-15(12-17)18-23-19(29-26-18)16-10-9-13-5-2-3-6-14(13)11-16/h2,4-5,7-12H,3,6H2,1H3,(H2,24,25,27,28). The van der Waals surface area contributed by atoms with Crippen LogP contribution < -0.4 is 10.6 Å². The summed E-state index contributed by atoms with van der Waals surface area (Å²) in [5.74, 6) is 0.477. The summed E-state index contributed by atoms with van der Waals surface area (Å²) >= 11 is 0. The molecule has 144 valence electrons. The molecule has 7 nitrogen and oxygen atoms in total. The van der Waals surface area contributed by atoms with E-state index in [0.29, 0.717) is 22.8 Å². The Hall–Kier alpha value is -3.74. The van der Waals surface area contributed by atoms with Crippen molar-refractivity contribution in [1.29, 1.82) is 0 Å². The molecule has 1 fully saturated rings. The number of imide groups is 1. The zero-order valence-electron chi connectivity index (χ0n) is 15.7. The number of benzene rings is 2. The van der Waals surface area contributed by atoms with Crippen molar-refractivity contribution in [2.24, 2.45) is 0 Å². The van der Waals surface area contributed by atoms with Gasteiger partial charge in [0.2, 0.25) is 5.82 Å². The molecule has 29 heavy (non-hydrogen) atoms. The van der Waals surface area contributed by atoms with E-state index in [4.69, 9.17) is 4.52 Å². The summed E-state index contributed by atoms with van der Waals surface area (Å²) in [4.78, 5) is 28.3. The van der Waals surface area contributed by atoms with Crippen LogP contribution in [0.2, 0.25) is 0 Å². The second-order valence-corrected chi connectivity index (χ2v) is 7.39. The number of allylic oxidation sites excluding steroid dienone is 1. The summed E-state index contributed by atoms with van der Waals surface area (Å²) in [6.45, 7) is 1.66. The highest BCUT2D eigenvalue weighted by Gasteiger charge is 2.43. The second-order valence-electron chi connectivity index (χ2n) is 7.39. The van der Waals surface area contributed by atoms with Gasteiger partial charge in [-0.15, -0.1) is 0 Å². The molecule has 1 saturated heterocycles. The van der Waals surface area contributed by atoms with Crippen LogP contribution in [0.3, 0.4) is 0 Å². The molecular formula is C22H18N4O3. The first-order valence-corrected chi connectivity index (χ1v) is 9.41. The number of carbonyl (C=O) groups excluding carboxylic acids is 2. The molecule has 3 amide bonds. The van der Waals surface area contributed by atoms with Crippen molar-refractivity contribution in [1.82, 2.24) is 20.8 Å². The van der Waals surface area contributed by atoms with Crippen molar-refractivity contribution in [3.05, 3.63) is 65.2 Å². The first-order chi connectivity index (χ1) is 14.0. The van der Waals surface area contributed by atoms with E-state index in [1.165, 1.54) is 11.1 Å². The number of hydrogen-bond acceptors (Lipinski definition) is 5. The van der Waals surface area contributed by atoms with E-state index < -0.39 is 17.5 Å². The number of nitrogens with zero attached hydrogens (tertiary/aromatic N) is 2. The van der Waals surface area contributed by atoms with Crippen LogP contribution in [0, 0.1) is 0 Å². The van der Waals surface area contributed by atoms with Gasteiger partial charge < -0.3 is 9.84 Å². The summed E-state index contributed by atoms with van der Waals surface area (Å²) in [5, 5.41) is 9.05. The quantitative estimate of drug-likeness (QED) is 0.672. The highest BCUT2D eigenvalue weighted by molar-refractivity contribution is 6.07. The Kier molecular flexibility index (Phi) is 3.84. The minimum absolute atomic E-state index is 0.392. The maximum atomic E-state index is 12.2. The number of fused-ring (bicyclic) bond motifs is 1. The number of aromatic nitrogens is 2. The van der Waals surface area contributed by atoms with E-state index in [1.54, 1.807) is 25.1 Å². The minimum Gasteiger partial charge on any atom is -0.334 e. The molecule has 2 aliphatic rings. The third-order valence-corrected chi connectivity index (χ3v) is 5.44. The number of amides is 3. The molecule has 0 bridgehead atoms. The number of aryl methyl sites for hydroxylation is 1. The lowest BCUT2D eigenvalue weighted by atomic mass is 9.91. The van der Waals surface area contributed by atoms with Crippen LogP contribution in [0.4, 0.5) is 4.79 Å². The number of hydrogen-bond donors (Lipinski definition) is 2. The average Bonchev–Trinajstić information content (AvgIpc) is 3.33. The molecule has 3 aromatic rings. The Balaban J connectivity index is 1.48. The maximum Gasteiger partial charge on any atom is 0.322 e. The summed E-state index contributed by atoms with van der Waals surface area (Å²) in [6, 6.07) is 12.8. The number of carbonyl (C=O) groups is 2. The maximum absolute atomic E-state index is 12.2. The topological polar surface area (TPSA) is 97.1 Å². The fraction of sp³-hybridized carbons (Fsp3) is 0.182. The van der Waals surface area contributed by atoms with Crippen molar-refractivity contribution < 1.29 is 14.1 Å². The van der Waals surface area contributed by atoms with Gasteiger partial charge in [0.05, 0.1) is 0 Å². The van der Waals surface area contributed by atoms with Crippen molar-refractivity contribution in [2.45, 2.75) is 25.3 Å². The number of urea groups is 1. The lowest BCUT2D eigenvalue weighted by molar-refractivity contribution is -0.123. The zero-order chi connectivity index (χ0) is 20.0. The molecule has 0 spiro atoms. The van der Waals surface area contributed by atoms with Gasteiger partial charge in [-0.05, 0) is 54.7 Å². The van der Waals surface area contributed by atoms with E-state index in [-0.39, 0.29) is 0 Å². The largest absolute Gasteiger partial charge is 0.334 e. The Labute approximate surface area is 166 Å². The van der Waals surface area contributed by atoms with Gasteiger partial charge in [0.15, 0.2) is 0 Å². The third kappa shape index (κ3) is 2.91. The van der Waals surface area contributed by atoms with Crippen LogP contribution in [0.1, 0.15) is 30.0 Å². The monoisotopic (exact) mass is 386 g/mol. The van der Waals surface area contributed by atoms with Crippen LogP contribution >= 0.6 is 0 Å². The molecule has 1 unspecified atom stereocenters. The molecule has 5 rings (SSSR count). The Morgan fingerprint density at radius 2 is 2.00 bits per heavy atom. The fourth-order valence-corrected chi connectivity index (χ4v) is 3.74. The van der Waals surface area contributed by atoms with E-state index >= 15 is 0 Å². The molecule has 1 aliphatic heterocycles. The Morgan fingerprint density at radius 1 is 1.10 bits per heavy atom. The van der Waals surface area contributed by atoms with Crippen LogP contribution in [-0.4, -0.2) is 22.1 Å². The molecule has 1 atom stereocenters. The normalized spacial score (nSPS) is 20.3. The molecular weight excluding hydrogens is 368 g/mol. The predicted octanol–water partition coefficient (Wildman–Crippen LogP) is 3.42. The van der Waals surface area contributed by atoms with E-state index in [2.05, 4.69) is 45.1 Å². The highest BCUT2D eigenvalue weighted by atomic mass is 16.5. The summed E-state index contributed by atoms with van der Waals surface area (Å²) in [6.07, 6.45) is 6.33. The molecule has 0 radical (unpaired) electrons. The Morgan fingerprint density at radius 3 is 2.83 bits per heavy atom. The van der Waals surface area contributed by atoms with Gasteiger partial charge in [0.25, 0.3) is 11.8 Å². The van der Waals surface area contributed by atoms with E-state index in [0.717, 1.165) is 18.4 Å². The summed E-state index contributed by atoms with van der Waals surface area (Å²) < 4.78 is 5.50. The van der Waals surface area contributed by atoms with Gasteiger partial charge in [0, 0.05) is 11.1 Å². The molecule has 1 aliphatic carbocycles.